The second kappa shape index (κ2) is 13.2. The average molecular weight is 633 g/mol. The highest BCUT2D eigenvalue weighted by Gasteiger charge is 2.18. The largest absolute Gasteiger partial charge is 0.496 e. The molecule has 0 amide bonds. The zero-order valence-electron chi connectivity index (χ0n) is 25.2. The molecule has 0 bridgehead atoms. The first kappa shape index (κ1) is 30.5. The van der Waals surface area contributed by atoms with Crippen LogP contribution in [0.3, 0.4) is 0 Å². The summed E-state index contributed by atoms with van der Waals surface area (Å²) in [5.74, 6) is 4.29. The summed E-state index contributed by atoms with van der Waals surface area (Å²) in [7, 11) is -2.26. The third kappa shape index (κ3) is 6.78. The van der Waals surface area contributed by atoms with Crippen molar-refractivity contribution in [2.45, 2.75) is 17.7 Å². The average Bonchev–Trinajstić information content (AvgIpc) is 3.08. The normalized spacial score (nSPS) is 13.2. The fourth-order valence-electron chi connectivity index (χ4n) is 5.49. The highest BCUT2D eigenvalue weighted by molar-refractivity contribution is 8.01. The number of benzene rings is 5. The highest BCUT2D eigenvalue weighted by Crippen LogP contribution is 2.35. The molecule has 7 heteroatoms. The Labute approximate surface area is 265 Å². The summed E-state index contributed by atoms with van der Waals surface area (Å²) in [5, 5.41) is 2.93. The molecule has 1 aromatic heterocycles. The van der Waals surface area contributed by atoms with Gasteiger partial charge in [-0.15, -0.1) is 0 Å². The molecule has 0 fully saturated rings. The number of anilines is 1. The minimum atomic E-state index is -3.02. The molecule has 6 aromatic rings. The van der Waals surface area contributed by atoms with Gasteiger partial charge in [0, 0.05) is 11.6 Å². The Hall–Kier alpha value is -4.51. The number of pyridine rings is 1. The van der Waals surface area contributed by atoms with Gasteiger partial charge >= 0.3 is 0 Å². The Morgan fingerprint density at radius 3 is 2.31 bits per heavy atom. The molecule has 0 aliphatic carbocycles. The molecule has 226 valence electrons. The number of nitrogens with zero attached hydrogens (tertiary/aromatic N) is 1. The number of hydrogen-bond acceptors (Lipinski definition) is 3. The lowest BCUT2D eigenvalue weighted by molar-refractivity contribution is 0.410. The summed E-state index contributed by atoms with van der Waals surface area (Å²) >= 11 is 0. The third-order valence-corrected chi connectivity index (χ3v) is 11.7. The maximum absolute atomic E-state index is 15.6. The number of rotatable bonds is 10. The minimum Gasteiger partial charge on any atom is -0.496 e. The van der Waals surface area contributed by atoms with Crippen molar-refractivity contribution in [2.24, 2.45) is 0 Å². The van der Waals surface area contributed by atoms with Crippen LogP contribution in [0, 0.1) is 5.82 Å². The van der Waals surface area contributed by atoms with Crippen molar-refractivity contribution in [3.8, 4) is 16.9 Å². The molecule has 4 nitrogen and oxygen atoms in total. The van der Waals surface area contributed by atoms with Crippen LogP contribution in [-0.4, -0.2) is 28.8 Å². The standard InChI is InChI=1S/C38H34FN2O2PS/c1-43-37-26-33-36(24-30(37)18-17-27-11-6-4-7-12-27)40-22-21-38(33)44(2)31-19-20-35(34(39)25-31)41-45(3,42)32-16-10-15-29(23-32)28-13-8-5-9-14-28/h4-16,19-26H,3,17-18H2,1-2H3,(H,41,42). The summed E-state index contributed by atoms with van der Waals surface area (Å²) in [6, 6.07) is 38.9. The van der Waals surface area contributed by atoms with Gasteiger partial charge in [0.1, 0.15) is 11.6 Å². The second-order valence-electron chi connectivity index (χ2n) is 10.9. The minimum absolute atomic E-state index is 0.150. The van der Waals surface area contributed by atoms with Crippen molar-refractivity contribution in [1.29, 1.82) is 0 Å². The van der Waals surface area contributed by atoms with Crippen LogP contribution in [0.15, 0.2) is 132 Å². The molecular weight excluding hydrogens is 598 g/mol. The Morgan fingerprint density at radius 2 is 1.58 bits per heavy atom. The van der Waals surface area contributed by atoms with E-state index in [4.69, 9.17) is 4.74 Å². The van der Waals surface area contributed by atoms with E-state index in [9.17, 15) is 4.21 Å². The molecule has 0 spiro atoms. The summed E-state index contributed by atoms with van der Waals surface area (Å²) in [6.07, 6.45) is 3.56. The fraction of sp³-hybridized carbons (Fsp3) is 0.105. The maximum Gasteiger partial charge on any atom is 0.147 e. The van der Waals surface area contributed by atoms with Crippen LogP contribution < -0.4 is 20.1 Å². The molecule has 45 heavy (non-hydrogen) atoms. The number of fused-ring (bicyclic) bond motifs is 1. The molecule has 0 aliphatic rings. The molecule has 1 heterocycles. The van der Waals surface area contributed by atoms with Crippen LogP contribution >= 0.6 is 7.92 Å². The van der Waals surface area contributed by atoms with Crippen LogP contribution in [0.5, 0.6) is 5.75 Å². The molecule has 0 radical (unpaired) electrons. The molecule has 1 N–H and O–H groups in total. The van der Waals surface area contributed by atoms with Gasteiger partial charge in [0.25, 0.3) is 0 Å². The molecule has 0 saturated heterocycles. The molecular formula is C38H34FN2O2PS. The lowest BCUT2D eigenvalue weighted by atomic mass is 10.0. The summed E-state index contributed by atoms with van der Waals surface area (Å²) in [6.45, 7) is 2.11. The van der Waals surface area contributed by atoms with Crippen molar-refractivity contribution in [3.05, 3.63) is 144 Å². The van der Waals surface area contributed by atoms with Crippen LogP contribution in [0.1, 0.15) is 11.1 Å². The Morgan fingerprint density at radius 1 is 0.844 bits per heavy atom. The number of hydrogen-bond donors (Lipinski definition) is 1. The third-order valence-electron chi connectivity index (χ3n) is 7.94. The van der Waals surface area contributed by atoms with E-state index in [0.717, 1.165) is 56.8 Å². The first-order valence-electron chi connectivity index (χ1n) is 14.7. The second-order valence-corrected chi connectivity index (χ2v) is 15.0. The highest BCUT2D eigenvalue weighted by atomic mass is 32.2. The van der Waals surface area contributed by atoms with Gasteiger partial charge in [-0.05, 0) is 109 Å². The summed E-state index contributed by atoms with van der Waals surface area (Å²) in [5.41, 5.74) is 5.34. The SMILES string of the molecule is C=S(=O)(Nc1ccc(P(C)c2ccnc3cc(CCc4ccccc4)c(OC)cc23)cc1F)c1cccc(-c2ccccc2)c1. The number of nitrogens with one attached hydrogen (secondary N) is 1. The van der Waals surface area contributed by atoms with E-state index in [1.54, 1.807) is 19.2 Å². The zero-order chi connectivity index (χ0) is 31.4. The van der Waals surface area contributed by atoms with E-state index in [1.165, 1.54) is 11.6 Å². The van der Waals surface area contributed by atoms with Crippen molar-refractivity contribution in [1.82, 2.24) is 4.98 Å². The first-order chi connectivity index (χ1) is 21.8. The van der Waals surface area contributed by atoms with Gasteiger partial charge in [-0.1, -0.05) is 78.9 Å². The van der Waals surface area contributed by atoms with Gasteiger partial charge < -0.3 is 9.46 Å². The van der Waals surface area contributed by atoms with E-state index in [2.05, 4.69) is 58.6 Å². The lowest BCUT2D eigenvalue weighted by Gasteiger charge is -2.19. The van der Waals surface area contributed by atoms with Crippen LogP contribution in [0.25, 0.3) is 22.0 Å². The van der Waals surface area contributed by atoms with E-state index in [-0.39, 0.29) is 5.69 Å². The summed E-state index contributed by atoms with van der Waals surface area (Å²) in [4.78, 5) is 5.17. The monoisotopic (exact) mass is 632 g/mol. The quantitative estimate of drug-likeness (QED) is 0.123. The fourth-order valence-corrected chi connectivity index (χ4v) is 8.45. The molecule has 2 atom stereocenters. The number of halogens is 1. The topological polar surface area (TPSA) is 51.2 Å². The van der Waals surface area contributed by atoms with Gasteiger partial charge in [-0.2, -0.15) is 0 Å². The van der Waals surface area contributed by atoms with Crippen molar-refractivity contribution in [2.75, 3.05) is 18.5 Å². The van der Waals surface area contributed by atoms with Crippen LogP contribution in [0.4, 0.5) is 10.1 Å². The first-order valence-corrected chi connectivity index (χ1v) is 18.2. The number of aryl methyl sites for hydroxylation is 2. The van der Waals surface area contributed by atoms with Crippen LogP contribution in [0.2, 0.25) is 0 Å². The van der Waals surface area contributed by atoms with Crippen molar-refractivity contribution >= 4 is 50.7 Å². The Balaban J connectivity index is 1.24. The molecule has 0 aliphatic heterocycles. The summed E-state index contributed by atoms with van der Waals surface area (Å²) < 4.78 is 38.0. The lowest BCUT2D eigenvalue weighted by Crippen LogP contribution is -2.17. The van der Waals surface area contributed by atoms with Gasteiger partial charge in [0.15, 0.2) is 0 Å². The molecule has 6 rings (SSSR count). The van der Waals surface area contributed by atoms with Gasteiger partial charge in [0.2, 0.25) is 0 Å². The van der Waals surface area contributed by atoms with Gasteiger partial charge in [-0.25, -0.2) is 8.60 Å². The van der Waals surface area contributed by atoms with E-state index >= 15 is 4.39 Å². The van der Waals surface area contributed by atoms with E-state index < -0.39 is 23.4 Å². The molecule has 2 unspecified atom stereocenters. The number of aromatic nitrogens is 1. The molecule has 5 aromatic carbocycles. The predicted octanol–water partition coefficient (Wildman–Crippen LogP) is 8.00. The van der Waals surface area contributed by atoms with Crippen molar-refractivity contribution < 1.29 is 13.3 Å². The van der Waals surface area contributed by atoms with Crippen molar-refractivity contribution in [3.63, 3.8) is 0 Å². The maximum atomic E-state index is 15.6. The predicted molar refractivity (Wildman–Crippen MR) is 190 cm³/mol. The van der Waals surface area contributed by atoms with Gasteiger partial charge in [0.05, 0.1) is 32.9 Å². The van der Waals surface area contributed by atoms with Crippen LogP contribution in [-0.2, 0) is 22.5 Å². The number of ether oxygens (including phenoxy) is 1. The van der Waals surface area contributed by atoms with E-state index in [1.807, 2.05) is 72.9 Å². The zero-order valence-corrected chi connectivity index (χ0v) is 27.0. The molecule has 0 saturated carbocycles. The Kier molecular flexibility index (Phi) is 8.97. The number of methoxy groups -OCH3 is 1. The van der Waals surface area contributed by atoms with Gasteiger partial charge in [-0.3, -0.25) is 4.98 Å². The van der Waals surface area contributed by atoms with E-state index in [0.29, 0.717) is 4.90 Å². The Bertz CT molecular complexity index is 2070. The smallest absolute Gasteiger partial charge is 0.147 e.